The molecule has 0 bridgehead atoms. The maximum Gasteiger partial charge on any atom is 0.417 e. The Morgan fingerprint density at radius 3 is 1.39 bits per heavy atom. The van der Waals surface area contributed by atoms with Gasteiger partial charge in [0.15, 0.2) is 0 Å². The molecule has 0 atom stereocenters. The zero-order chi connectivity index (χ0) is 32.1. The SMILES string of the molecule is N#Cc1c(C(F)(F)F)cc(-c2ccccc2)nc1SCC(CSc1nc(-c2ccccc2)cc(C(F)(F)F)c1C#N)C(=O)O. The van der Waals surface area contributed by atoms with Crippen LogP contribution in [-0.2, 0) is 17.1 Å². The number of aromatic nitrogens is 2. The molecule has 0 aliphatic rings. The Hall–Kier alpha value is -4.53. The topological polar surface area (TPSA) is 111 Å². The van der Waals surface area contributed by atoms with E-state index in [4.69, 9.17) is 0 Å². The van der Waals surface area contributed by atoms with Crippen molar-refractivity contribution in [2.45, 2.75) is 22.4 Å². The largest absolute Gasteiger partial charge is 0.481 e. The van der Waals surface area contributed by atoms with E-state index in [2.05, 4.69) is 9.97 Å². The number of hydrogen-bond acceptors (Lipinski definition) is 7. The molecule has 44 heavy (non-hydrogen) atoms. The number of pyridine rings is 2. The molecular formula is C30H18F6N4O2S2. The van der Waals surface area contributed by atoms with Gasteiger partial charge in [-0.05, 0) is 12.1 Å². The van der Waals surface area contributed by atoms with Crippen molar-refractivity contribution in [1.29, 1.82) is 10.5 Å². The maximum absolute atomic E-state index is 13.9. The Morgan fingerprint density at radius 1 is 0.727 bits per heavy atom. The van der Waals surface area contributed by atoms with Gasteiger partial charge >= 0.3 is 18.3 Å². The molecule has 2 aromatic carbocycles. The summed E-state index contributed by atoms with van der Waals surface area (Å²) in [4.78, 5) is 20.5. The first kappa shape index (κ1) is 32.4. The lowest BCUT2D eigenvalue weighted by molar-refractivity contribution is -0.140. The Morgan fingerprint density at radius 2 is 1.09 bits per heavy atom. The smallest absolute Gasteiger partial charge is 0.417 e. The lowest BCUT2D eigenvalue weighted by atomic mass is 10.1. The average Bonchev–Trinajstić information content (AvgIpc) is 2.99. The standard InChI is InChI=1S/C30H18F6N4O2S2/c31-29(32,33)22-11-24(17-7-3-1-4-8-17)39-26(20(22)13-37)43-15-19(28(41)42)16-44-27-21(14-38)23(30(34,35)36)12-25(40-27)18-9-5-2-6-10-18/h1-12,19H,15-16H2,(H,41,42). The summed E-state index contributed by atoms with van der Waals surface area (Å²) in [7, 11) is 0. The molecule has 6 nitrogen and oxygen atoms in total. The summed E-state index contributed by atoms with van der Waals surface area (Å²) in [5.74, 6) is -3.50. The Balaban J connectivity index is 1.67. The lowest BCUT2D eigenvalue weighted by Gasteiger charge is -2.17. The number of thioether (sulfide) groups is 2. The first-order chi connectivity index (χ1) is 20.8. The second-order valence-electron chi connectivity index (χ2n) is 9.08. The number of halogens is 6. The fourth-order valence-corrected chi connectivity index (χ4v) is 6.29. The van der Waals surface area contributed by atoms with E-state index in [-0.39, 0.29) is 32.9 Å². The van der Waals surface area contributed by atoms with Crippen molar-refractivity contribution in [1.82, 2.24) is 9.97 Å². The van der Waals surface area contributed by atoms with Crippen LogP contribution in [0.4, 0.5) is 26.3 Å². The number of carboxylic acid groups (broad SMARTS) is 1. The van der Waals surface area contributed by atoms with Crippen LogP contribution in [0.15, 0.2) is 82.8 Å². The molecule has 0 radical (unpaired) electrons. The molecule has 0 unspecified atom stereocenters. The second-order valence-corrected chi connectivity index (χ2v) is 11.1. The van der Waals surface area contributed by atoms with E-state index in [9.17, 15) is 46.8 Å². The van der Waals surface area contributed by atoms with Crippen molar-refractivity contribution in [3.63, 3.8) is 0 Å². The predicted molar refractivity (Wildman–Crippen MR) is 151 cm³/mol. The highest BCUT2D eigenvalue weighted by Crippen LogP contribution is 2.40. The highest BCUT2D eigenvalue weighted by molar-refractivity contribution is 8.00. The number of nitrogens with zero attached hydrogens (tertiary/aromatic N) is 4. The summed E-state index contributed by atoms with van der Waals surface area (Å²) in [6.45, 7) is 0. The van der Waals surface area contributed by atoms with Crippen LogP contribution in [0.3, 0.4) is 0 Å². The van der Waals surface area contributed by atoms with Crippen LogP contribution < -0.4 is 0 Å². The summed E-state index contributed by atoms with van der Waals surface area (Å²) in [5, 5.41) is 28.3. The van der Waals surface area contributed by atoms with Gasteiger partial charge in [-0.25, -0.2) is 9.97 Å². The number of carbonyl (C=O) groups is 1. The van der Waals surface area contributed by atoms with Crippen LogP contribution in [-0.4, -0.2) is 32.5 Å². The molecule has 0 saturated carbocycles. The quantitative estimate of drug-likeness (QED) is 0.144. The molecular weight excluding hydrogens is 626 g/mol. The van der Waals surface area contributed by atoms with Crippen molar-refractivity contribution in [2.75, 3.05) is 11.5 Å². The summed E-state index contributed by atoms with van der Waals surface area (Å²) in [5.41, 5.74) is -3.53. The minimum atomic E-state index is -4.91. The Bertz CT molecular complexity index is 1630. The van der Waals surface area contributed by atoms with Crippen molar-refractivity contribution in [2.24, 2.45) is 5.92 Å². The average molecular weight is 645 g/mol. The first-order valence-corrected chi connectivity index (χ1v) is 14.4. The van der Waals surface area contributed by atoms with Gasteiger partial charge in [0.25, 0.3) is 0 Å². The van der Waals surface area contributed by atoms with Crippen molar-refractivity contribution in [3.8, 4) is 34.7 Å². The van der Waals surface area contributed by atoms with E-state index in [1.807, 2.05) is 0 Å². The molecule has 0 aliphatic heterocycles. The predicted octanol–water partition coefficient (Wildman–Crippen LogP) is 8.18. The zero-order valence-electron chi connectivity index (χ0n) is 22.1. The molecule has 0 amide bonds. The van der Waals surface area contributed by atoms with E-state index >= 15 is 0 Å². The van der Waals surface area contributed by atoms with Gasteiger partial charge in [0.1, 0.15) is 22.2 Å². The summed E-state index contributed by atoms with van der Waals surface area (Å²) >= 11 is 1.21. The summed E-state index contributed by atoms with van der Waals surface area (Å²) < 4.78 is 83.3. The number of hydrogen-bond donors (Lipinski definition) is 1. The number of alkyl halides is 6. The monoisotopic (exact) mass is 644 g/mol. The Labute approximate surface area is 255 Å². The highest BCUT2D eigenvalue weighted by atomic mass is 32.2. The van der Waals surface area contributed by atoms with Gasteiger partial charge < -0.3 is 5.11 Å². The summed E-state index contributed by atoms with van der Waals surface area (Å²) in [6.07, 6.45) is -9.82. The van der Waals surface area contributed by atoms with E-state index in [1.54, 1.807) is 36.4 Å². The van der Waals surface area contributed by atoms with Gasteiger partial charge in [-0.2, -0.15) is 36.9 Å². The molecule has 4 rings (SSSR count). The van der Waals surface area contributed by atoms with Gasteiger partial charge in [-0.3, -0.25) is 4.79 Å². The van der Waals surface area contributed by atoms with Crippen molar-refractivity contribution < 1.29 is 36.2 Å². The minimum Gasteiger partial charge on any atom is -0.481 e. The van der Waals surface area contributed by atoms with E-state index in [1.165, 1.54) is 36.4 Å². The van der Waals surface area contributed by atoms with E-state index in [0.717, 1.165) is 12.1 Å². The fraction of sp³-hybridized carbons (Fsp3) is 0.167. The van der Waals surface area contributed by atoms with Crippen molar-refractivity contribution in [3.05, 3.63) is 95.1 Å². The van der Waals surface area contributed by atoms with Crippen molar-refractivity contribution >= 4 is 29.5 Å². The molecule has 2 heterocycles. The molecule has 2 aromatic heterocycles. The maximum atomic E-state index is 13.9. The molecule has 14 heteroatoms. The molecule has 1 N–H and O–H groups in total. The summed E-state index contributed by atoms with van der Waals surface area (Å²) in [6, 6.07) is 20.3. The molecule has 224 valence electrons. The molecule has 0 fully saturated rings. The van der Waals surface area contributed by atoms with Gasteiger partial charge in [0.05, 0.1) is 39.6 Å². The number of benzene rings is 2. The van der Waals surface area contributed by atoms with Gasteiger partial charge in [0.2, 0.25) is 0 Å². The third-order valence-electron chi connectivity index (χ3n) is 6.14. The molecule has 4 aromatic rings. The second kappa shape index (κ2) is 13.4. The van der Waals surface area contributed by atoms with Gasteiger partial charge in [-0.15, -0.1) is 23.5 Å². The Kier molecular flexibility index (Phi) is 9.87. The van der Waals surface area contributed by atoms with E-state index < -0.39 is 46.5 Å². The number of rotatable bonds is 9. The molecule has 0 aliphatic carbocycles. The van der Waals surface area contributed by atoms with Crippen LogP contribution in [0.1, 0.15) is 22.3 Å². The third-order valence-corrected chi connectivity index (χ3v) is 8.41. The van der Waals surface area contributed by atoms with Crippen LogP contribution >= 0.6 is 23.5 Å². The van der Waals surface area contributed by atoms with E-state index in [0.29, 0.717) is 34.7 Å². The minimum absolute atomic E-state index is 0.0825. The fourth-order valence-electron chi connectivity index (χ4n) is 3.98. The lowest BCUT2D eigenvalue weighted by Crippen LogP contribution is -2.20. The zero-order valence-corrected chi connectivity index (χ0v) is 23.8. The van der Waals surface area contributed by atoms with Crippen LogP contribution in [0.5, 0.6) is 0 Å². The molecule has 0 saturated heterocycles. The van der Waals surface area contributed by atoms with Gasteiger partial charge in [-0.1, -0.05) is 60.7 Å². The van der Waals surface area contributed by atoms with Crippen LogP contribution in [0, 0.1) is 28.6 Å². The molecule has 0 spiro atoms. The number of carboxylic acids is 1. The highest BCUT2D eigenvalue weighted by Gasteiger charge is 2.38. The first-order valence-electron chi connectivity index (χ1n) is 12.5. The van der Waals surface area contributed by atoms with Crippen LogP contribution in [0.25, 0.3) is 22.5 Å². The van der Waals surface area contributed by atoms with Crippen LogP contribution in [0.2, 0.25) is 0 Å². The van der Waals surface area contributed by atoms with Gasteiger partial charge in [0, 0.05) is 22.6 Å². The number of aliphatic carboxylic acids is 1. The normalized spacial score (nSPS) is 11.7. The third kappa shape index (κ3) is 7.51. The number of nitriles is 2.